The smallest absolute Gasteiger partial charge is 0.251 e. The number of benzene rings is 2. The van der Waals surface area contributed by atoms with Gasteiger partial charge in [0, 0.05) is 17.6 Å². The molecule has 0 aliphatic carbocycles. The number of nitrogens with zero attached hydrogens (tertiary/aromatic N) is 1. The quantitative estimate of drug-likeness (QED) is 0.780. The molecule has 1 amide bonds. The summed E-state index contributed by atoms with van der Waals surface area (Å²) < 4.78 is 0. The molecule has 0 radical (unpaired) electrons. The Hall–Kier alpha value is -2.24. The molecule has 2 aromatic carbocycles. The van der Waals surface area contributed by atoms with E-state index < -0.39 is 11.6 Å². The van der Waals surface area contributed by atoms with Crippen LogP contribution < -0.4 is 10.2 Å². The molecule has 1 aliphatic heterocycles. The maximum Gasteiger partial charge on any atom is 0.251 e. The van der Waals surface area contributed by atoms with Crippen LogP contribution in [0.3, 0.4) is 0 Å². The van der Waals surface area contributed by atoms with Gasteiger partial charge in [0.1, 0.15) is 17.4 Å². The Bertz CT molecular complexity index is 820. The zero-order valence-electron chi connectivity index (χ0n) is 13.7. The Balaban J connectivity index is 2.03. The van der Waals surface area contributed by atoms with Crippen molar-refractivity contribution in [3.63, 3.8) is 0 Å². The van der Waals surface area contributed by atoms with E-state index in [0.29, 0.717) is 21.8 Å². The number of rotatable bonds is 2. The van der Waals surface area contributed by atoms with Crippen LogP contribution in [-0.4, -0.2) is 28.7 Å². The van der Waals surface area contributed by atoms with Crippen molar-refractivity contribution in [3.8, 4) is 5.75 Å². The van der Waals surface area contributed by atoms with Gasteiger partial charge in [-0.25, -0.2) is 0 Å². The van der Waals surface area contributed by atoms with Crippen molar-refractivity contribution in [1.82, 2.24) is 0 Å². The fraction of sp³-hybridized carbons (Fsp3) is 0.278. The van der Waals surface area contributed by atoms with Crippen LogP contribution in [0, 0.1) is 0 Å². The van der Waals surface area contributed by atoms with E-state index in [2.05, 4.69) is 5.32 Å². The molecule has 24 heavy (non-hydrogen) atoms. The first-order valence-corrected chi connectivity index (χ1v) is 7.95. The normalized spacial score (nSPS) is 17.2. The molecule has 1 heterocycles. The molecule has 6 heteroatoms. The number of likely N-dealkylation sites (N-methyl/N-ethyl adjacent to an activating group) is 1. The van der Waals surface area contributed by atoms with E-state index in [0.717, 1.165) is 5.69 Å². The number of aliphatic hydroxyl groups excluding tert-OH is 1. The van der Waals surface area contributed by atoms with Crippen LogP contribution >= 0.6 is 11.6 Å². The van der Waals surface area contributed by atoms with Gasteiger partial charge in [0.05, 0.1) is 11.4 Å². The number of nitrogens with one attached hydrogen (secondary N) is 1. The van der Waals surface area contributed by atoms with Crippen LogP contribution in [0.25, 0.3) is 0 Å². The molecule has 0 saturated heterocycles. The molecule has 1 aliphatic rings. The third kappa shape index (κ3) is 2.70. The number of aliphatic hydroxyl groups is 1. The van der Waals surface area contributed by atoms with Gasteiger partial charge in [0.2, 0.25) is 0 Å². The summed E-state index contributed by atoms with van der Waals surface area (Å²) in [5.41, 5.74) is 1.69. The van der Waals surface area contributed by atoms with Crippen LogP contribution in [0.1, 0.15) is 31.1 Å². The highest BCUT2D eigenvalue weighted by Crippen LogP contribution is 2.38. The molecule has 126 valence electrons. The van der Waals surface area contributed by atoms with Gasteiger partial charge in [-0.3, -0.25) is 4.79 Å². The first-order valence-electron chi connectivity index (χ1n) is 7.57. The standard InChI is InChI=1S/C18H19ClN2O3/c1-18(2)17(24)21(3)14-8-10(4-6-13(14)20-18)16(23)12-9-11(19)5-7-15(12)22/h4-9,16,20,22-23H,1-3H3. The molecule has 5 nitrogen and oxygen atoms in total. The summed E-state index contributed by atoms with van der Waals surface area (Å²) in [5.74, 6) is -0.0967. The summed E-state index contributed by atoms with van der Waals surface area (Å²) in [5, 5.41) is 24.2. The first kappa shape index (κ1) is 16.6. The maximum absolute atomic E-state index is 12.4. The molecule has 3 rings (SSSR count). The molecular formula is C18H19ClN2O3. The predicted octanol–water partition coefficient (Wildman–Crippen LogP) is 3.29. The van der Waals surface area contributed by atoms with Gasteiger partial charge in [-0.2, -0.15) is 0 Å². The number of hydrogen-bond acceptors (Lipinski definition) is 4. The van der Waals surface area contributed by atoms with Crippen LogP contribution in [0.5, 0.6) is 5.75 Å². The zero-order valence-corrected chi connectivity index (χ0v) is 14.4. The summed E-state index contributed by atoms with van der Waals surface area (Å²) >= 11 is 5.95. The Morgan fingerprint density at radius 2 is 1.92 bits per heavy atom. The Morgan fingerprint density at radius 3 is 2.62 bits per heavy atom. The number of phenols is 1. The van der Waals surface area contributed by atoms with Gasteiger partial charge in [-0.05, 0) is 49.7 Å². The summed E-state index contributed by atoms with van der Waals surface area (Å²) in [4.78, 5) is 14.0. The van der Waals surface area contributed by atoms with Crippen molar-refractivity contribution >= 4 is 28.9 Å². The highest BCUT2D eigenvalue weighted by atomic mass is 35.5. The SMILES string of the molecule is CN1C(=O)C(C)(C)Nc2ccc(C(O)c3cc(Cl)ccc3O)cc21. The number of anilines is 2. The summed E-state index contributed by atoms with van der Waals surface area (Å²) in [6, 6.07) is 9.84. The highest BCUT2D eigenvalue weighted by Gasteiger charge is 2.37. The lowest BCUT2D eigenvalue weighted by Gasteiger charge is -2.38. The van der Waals surface area contributed by atoms with Gasteiger partial charge in [0.25, 0.3) is 5.91 Å². The third-order valence-corrected chi connectivity index (χ3v) is 4.50. The predicted molar refractivity (Wildman–Crippen MR) is 94.7 cm³/mol. The lowest BCUT2D eigenvalue weighted by atomic mass is 9.95. The summed E-state index contributed by atoms with van der Waals surface area (Å²) in [6.07, 6.45) is -1.05. The minimum absolute atomic E-state index is 0.0340. The zero-order chi connectivity index (χ0) is 17.6. The van der Waals surface area contributed by atoms with E-state index in [1.165, 1.54) is 12.1 Å². The van der Waals surface area contributed by atoms with E-state index in [-0.39, 0.29) is 11.7 Å². The van der Waals surface area contributed by atoms with Crippen molar-refractivity contribution in [1.29, 1.82) is 0 Å². The average molecular weight is 347 g/mol. The Morgan fingerprint density at radius 1 is 1.21 bits per heavy atom. The molecule has 0 spiro atoms. The second kappa shape index (κ2) is 5.69. The number of aromatic hydroxyl groups is 1. The van der Waals surface area contributed by atoms with Gasteiger partial charge in [0.15, 0.2) is 0 Å². The van der Waals surface area contributed by atoms with E-state index in [1.807, 2.05) is 19.9 Å². The van der Waals surface area contributed by atoms with Crippen molar-refractivity contribution in [2.45, 2.75) is 25.5 Å². The van der Waals surface area contributed by atoms with Gasteiger partial charge in [-0.15, -0.1) is 0 Å². The molecule has 2 aromatic rings. The first-order chi connectivity index (χ1) is 11.2. The largest absolute Gasteiger partial charge is 0.508 e. The second-order valence-electron chi connectivity index (χ2n) is 6.50. The lowest BCUT2D eigenvalue weighted by Crippen LogP contribution is -2.52. The minimum Gasteiger partial charge on any atom is -0.508 e. The van der Waals surface area contributed by atoms with E-state index in [1.54, 1.807) is 30.1 Å². The molecule has 0 saturated carbocycles. The average Bonchev–Trinajstić information content (AvgIpc) is 2.54. The molecule has 1 unspecified atom stereocenters. The fourth-order valence-electron chi connectivity index (χ4n) is 2.94. The molecular weight excluding hydrogens is 328 g/mol. The monoisotopic (exact) mass is 346 g/mol. The maximum atomic E-state index is 12.4. The number of amides is 1. The van der Waals surface area contributed by atoms with Crippen molar-refractivity contribution in [3.05, 3.63) is 52.5 Å². The number of carbonyl (C=O) groups excluding carboxylic acids is 1. The molecule has 0 bridgehead atoms. The Kier molecular flexibility index (Phi) is 3.94. The number of halogens is 1. The van der Waals surface area contributed by atoms with Crippen molar-refractivity contribution in [2.24, 2.45) is 0 Å². The van der Waals surface area contributed by atoms with Crippen molar-refractivity contribution < 1.29 is 15.0 Å². The fourth-order valence-corrected chi connectivity index (χ4v) is 3.13. The van der Waals surface area contributed by atoms with Crippen LogP contribution in [0.2, 0.25) is 5.02 Å². The number of hydrogen-bond donors (Lipinski definition) is 3. The van der Waals surface area contributed by atoms with Crippen LogP contribution in [-0.2, 0) is 4.79 Å². The van der Waals surface area contributed by atoms with E-state index >= 15 is 0 Å². The number of phenolic OH excluding ortho intramolecular Hbond substituents is 1. The van der Waals surface area contributed by atoms with Crippen molar-refractivity contribution in [2.75, 3.05) is 17.3 Å². The summed E-state index contributed by atoms with van der Waals surface area (Å²) in [6.45, 7) is 3.64. The number of fused-ring (bicyclic) bond motifs is 1. The van der Waals surface area contributed by atoms with E-state index in [4.69, 9.17) is 11.6 Å². The molecule has 0 fully saturated rings. The summed E-state index contributed by atoms with van der Waals surface area (Å²) in [7, 11) is 1.71. The Labute approximate surface area is 145 Å². The lowest BCUT2D eigenvalue weighted by molar-refractivity contribution is -0.121. The van der Waals surface area contributed by atoms with Crippen LogP contribution in [0.15, 0.2) is 36.4 Å². The molecule has 0 aromatic heterocycles. The van der Waals surface area contributed by atoms with Gasteiger partial charge < -0.3 is 20.4 Å². The number of carbonyl (C=O) groups is 1. The molecule has 3 N–H and O–H groups in total. The molecule has 1 atom stereocenters. The van der Waals surface area contributed by atoms with Crippen LogP contribution in [0.4, 0.5) is 11.4 Å². The van der Waals surface area contributed by atoms with Gasteiger partial charge in [-0.1, -0.05) is 17.7 Å². The highest BCUT2D eigenvalue weighted by molar-refractivity contribution is 6.30. The second-order valence-corrected chi connectivity index (χ2v) is 6.93. The topological polar surface area (TPSA) is 72.8 Å². The third-order valence-electron chi connectivity index (χ3n) is 4.27. The minimum atomic E-state index is -1.05. The van der Waals surface area contributed by atoms with Gasteiger partial charge >= 0.3 is 0 Å². The van der Waals surface area contributed by atoms with E-state index in [9.17, 15) is 15.0 Å².